The number of fused-ring (bicyclic) bond motifs is 3. The van der Waals surface area contributed by atoms with Crippen molar-refractivity contribution in [3.05, 3.63) is 89.5 Å². The van der Waals surface area contributed by atoms with Gasteiger partial charge in [-0.3, -0.25) is 0 Å². The second kappa shape index (κ2) is 7.94. The Balaban J connectivity index is 1.25. The summed E-state index contributed by atoms with van der Waals surface area (Å²) in [6, 6.07) is 25.9. The molecule has 0 spiro atoms. The number of hydrogen-bond acceptors (Lipinski definition) is 4. The molecule has 0 saturated heterocycles. The number of aliphatic hydroxyl groups is 1. The lowest BCUT2D eigenvalue weighted by Gasteiger charge is -2.31. The monoisotopic (exact) mass is 434 g/mol. The fourth-order valence-corrected chi connectivity index (χ4v) is 4.95. The van der Waals surface area contributed by atoms with Gasteiger partial charge in [0.25, 0.3) is 0 Å². The predicted octanol–water partition coefficient (Wildman–Crippen LogP) is 5.41. The number of H-pyrrole nitrogens is 1. The van der Waals surface area contributed by atoms with Crippen LogP contribution in [0.15, 0.2) is 72.8 Å². The van der Waals surface area contributed by atoms with Crippen LogP contribution in [0.25, 0.3) is 32.9 Å². The van der Waals surface area contributed by atoms with Gasteiger partial charge in [-0.2, -0.15) is 0 Å². The maximum Gasteiger partial charge on any atom is 0.198 e. The van der Waals surface area contributed by atoms with Crippen LogP contribution < -0.4 is 10.6 Å². The van der Waals surface area contributed by atoms with E-state index in [-0.39, 0.29) is 6.61 Å². The summed E-state index contributed by atoms with van der Waals surface area (Å²) in [5.41, 5.74) is 15.1. The summed E-state index contributed by atoms with van der Waals surface area (Å²) in [5, 5.41) is 11.7. The van der Waals surface area contributed by atoms with Crippen LogP contribution in [-0.2, 0) is 19.6 Å². The Hall–Kier alpha value is -3.83. The van der Waals surface area contributed by atoms with Gasteiger partial charge in [-0.1, -0.05) is 48.5 Å². The number of nitrogen functional groups attached to an aromatic ring is 1. The van der Waals surface area contributed by atoms with Crippen molar-refractivity contribution in [1.29, 1.82) is 0 Å². The van der Waals surface area contributed by atoms with E-state index in [1.807, 2.05) is 12.1 Å². The van der Waals surface area contributed by atoms with Gasteiger partial charge in [0.1, 0.15) is 0 Å². The topological polar surface area (TPSA) is 78.2 Å². The molecule has 5 nitrogen and oxygen atoms in total. The molecular formula is C28H26N4O. The lowest BCUT2D eigenvalue weighted by molar-refractivity contribution is 0.282. The molecule has 4 N–H and O–H groups in total. The quantitative estimate of drug-likeness (QED) is 0.353. The number of aromatic amines is 1. The van der Waals surface area contributed by atoms with Crippen molar-refractivity contribution >= 4 is 33.4 Å². The van der Waals surface area contributed by atoms with Crippen molar-refractivity contribution in [2.75, 3.05) is 17.2 Å². The minimum atomic E-state index is 0.0707. The molecule has 164 valence electrons. The highest BCUT2D eigenvalue weighted by atomic mass is 16.3. The molecule has 33 heavy (non-hydrogen) atoms. The van der Waals surface area contributed by atoms with E-state index >= 15 is 0 Å². The SMILES string of the molecule is Nc1nc2cc3c(cc2[nH]1)CCCN3Cc1ccc(-c2ccc3cc(CO)ccc3c2)cc1. The highest BCUT2D eigenvalue weighted by Gasteiger charge is 2.19. The number of hydrogen-bond donors (Lipinski definition) is 3. The second-order valence-corrected chi connectivity index (χ2v) is 8.90. The van der Waals surface area contributed by atoms with E-state index in [0.29, 0.717) is 5.95 Å². The van der Waals surface area contributed by atoms with Crippen molar-refractivity contribution < 1.29 is 5.11 Å². The number of nitrogens with one attached hydrogen (secondary N) is 1. The van der Waals surface area contributed by atoms with Gasteiger partial charge in [0.2, 0.25) is 0 Å². The smallest absolute Gasteiger partial charge is 0.198 e. The van der Waals surface area contributed by atoms with Crippen molar-refractivity contribution in [1.82, 2.24) is 9.97 Å². The van der Waals surface area contributed by atoms with E-state index in [1.165, 1.54) is 33.3 Å². The molecule has 1 aliphatic rings. The van der Waals surface area contributed by atoms with Gasteiger partial charge in [0, 0.05) is 18.8 Å². The van der Waals surface area contributed by atoms with E-state index in [1.54, 1.807) is 0 Å². The molecule has 4 aromatic carbocycles. The van der Waals surface area contributed by atoms with Gasteiger partial charge in [-0.25, -0.2) is 4.98 Å². The molecular weight excluding hydrogens is 408 g/mol. The first-order valence-corrected chi connectivity index (χ1v) is 11.4. The van der Waals surface area contributed by atoms with Crippen molar-refractivity contribution in [3.63, 3.8) is 0 Å². The summed E-state index contributed by atoms with van der Waals surface area (Å²) in [5.74, 6) is 0.469. The number of benzene rings is 4. The first kappa shape index (κ1) is 19.8. The third-order valence-corrected chi connectivity index (χ3v) is 6.66. The van der Waals surface area contributed by atoms with Crippen molar-refractivity contribution in [2.24, 2.45) is 0 Å². The van der Waals surface area contributed by atoms with Crippen LogP contribution in [0.3, 0.4) is 0 Å². The van der Waals surface area contributed by atoms with Crippen LogP contribution in [0.5, 0.6) is 0 Å². The number of aromatic nitrogens is 2. The fourth-order valence-electron chi connectivity index (χ4n) is 4.95. The number of nitrogens with two attached hydrogens (primary N) is 1. The van der Waals surface area contributed by atoms with E-state index in [4.69, 9.17) is 5.73 Å². The van der Waals surface area contributed by atoms with Crippen LogP contribution in [0.1, 0.15) is 23.1 Å². The van der Waals surface area contributed by atoms with Crippen LogP contribution in [0.4, 0.5) is 11.6 Å². The maximum absolute atomic E-state index is 9.36. The van der Waals surface area contributed by atoms with Gasteiger partial charge in [-0.15, -0.1) is 0 Å². The number of aryl methyl sites for hydroxylation is 1. The molecule has 5 aromatic rings. The molecule has 0 radical (unpaired) electrons. The molecule has 5 heteroatoms. The highest BCUT2D eigenvalue weighted by Crippen LogP contribution is 2.33. The summed E-state index contributed by atoms with van der Waals surface area (Å²) in [6.07, 6.45) is 2.23. The van der Waals surface area contributed by atoms with E-state index < -0.39 is 0 Å². The molecule has 0 aliphatic carbocycles. The first-order chi connectivity index (χ1) is 16.2. The van der Waals surface area contributed by atoms with Crippen LogP contribution in [0.2, 0.25) is 0 Å². The predicted molar refractivity (Wildman–Crippen MR) is 135 cm³/mol. The Morgan fingerprint density at radius 2 is 1.64 bits per heavy atom. The van der Waals surface area contributed by atoms with Gasteiger partial charge in [0.05, 0.1) is 17.6 Å². The number of nitrogens with zero attached hydrogens (tertiary/aromatic N) is 2. The summed E-state index contributed by atoms with van der Waals surface area (Å²) < 4.78 is 0. The molecule has 6 rings (SSSR count). The molecule has 0 fully saturated rings. The van der Waals surface area contributed by atoms with Gasteiger partial charge in [-0.05, 0) is 75.7 Å². The average Bonchev–Trinajstić information content (AvgIpc) is 3.21. The average molecular weight is 435 g/mol. The largest absolute Gasteiger partial charge is 0.392 e. The highest BCUT2D eigenvalue weighted by molar-refractivity contribution is 5.88. The van der Waals surface area contributed by atoms with Crippen molar-refractivity contribution in [2.45, 2.75) is 26.0 Å². The summed E-state index contributed by atoms with van der Waals surface area (Å²) in [6.45, 7) is 1.99. The number of anilines is 2. The molecule has 2 heterocycles. The van der Waals surface area contributed by atoms with Gasteiger partial charge < -0.3 is 20.7 Å². The Morgan fingerprint density at radius 1 is 0.879 bits per heavy atom. The Morgan fingerprint density at radius 3 is 2.48 bits per heavy atom. The van der Waals surface area contributed by atoms with Crippen LogP contribution in [-0.4, -0.2) is 21.6 Å². The zero-order valence-electron chi connectivity index (χ0n) is 18.4. The third kappa shape index (κ3) is 3.70. The van der Waals surface area contributed by atoms with E-state index in [0.717, 1.165) is 47.9 Å². The maximum atomic E-state index is 9.36. The molecule has 0 atom stereocenters. The minimum Gasteiger partial charge on any atom is -0.392 e. The molecule has 1 aromatic heterocycles. The normalized spacial score (nSPS) is 13.5. The van der Waals surface area contributed by atoms with E-state index in [9.17, 15) is 5.11 Å². The van der Waals surface area contributed by atoms with Crippen LogP contribution >= 0.6 is 0 Å². The Kier molecular flexibility index (Phi) is 4.77. The fraction of sp³-hybridized carbons (Fsp3) is 0.179. The molecule has 0 amide bonds. The minimum absolute atomic E-state index is 0.0707. The number of aliphatic hydroxyl groups excluding tert-OH is 1. The molecule has 0 bridgehead atoms. The first-order valence-electron chi connectivity index (χ1n) is 11.4. The summed E-state index contributed by atoms with van der Waals surface area (Å²) in [7, 11) is 0. The lowest BCUT2D eigenvalue weighted by Crippen LogP contribution is -2.28. The standard InChI is InChI=1S/C28H26N4O/c29-28-30-25-14-24-2-1-11-32(27(24)15-26(25)31-28)16-18-3-6-20(7-4-18)22-10-9-21-12-19(17-33)5-8-23(21)13-22/h3-10,12-15,33H,1-2,11,16-17H2,(H3,29,30,31). The van der Waals surface area contributed by atoms with E-state index in [2.05, 4.69) is 75.5 Å². The Bertz CT molecular complexity index is 1470. The summed E-state index contributed by atoms with van der Waals surface area (Å²) >= 11 is 0. The van der Waals surface area contributed by atoms with Crippen molar-refractivity contribution in [3.8, 4) is 11.1 Å². The Labute approximate surface area is 192 Å². The lowest BCUT2D eigenvalue weighted by atomic mass is 9.98. The zero-order valence-corrected chi connectivity index (χ0v) is 18.4. The molecule has 0 saturated carbocycles. The zero-order chi connectivity index (χ0) is 22.4. The number of imidazole rings is 1. The number of rotatable bonds is 4. The van der Waals surface area contributed by atoms with Gasteiger partial charge in [0.15, 0.2) is 5.95 Å². The summed E-state index contributed by atoms with van der Waals surface area (Å²) in [4.78, 5) is 10.0. The molecule has 0 unspecified atom stereocenters. The van der Waals surface area contributed by atoms with Gasteiger partial charge >= 0.3 is 0 Å². The van der Waals surface area contributed by atoms with Crippen LogP contribution in [0, 0.1) is 0 Å². The molecule has 1 aliphatic heterocycles. The second-order valence-electron chi connectivity index (χ2n) is 8.90. The third-order valence-electron chi connectivity index (χ3n) is 6.66.